The Hall–Kier alpha value is -3.18. The fourth-order valence-corrected chi connectivity index (χ4v) is 3.91. The maximum Gasteiger partial charge on any atom is 0.277 e. The summed E-state index contributed by atoms with van der Waals surface area (Å²) in [4.78, 5) is 20.4. The number of carbonyl (C=O) groups excluding carboxylic acids is 1. The summed E-state index contributed by atoms with van der Waals surface area (Å²) in [5.74, 6) is 1.32. The molecule has 0 bridgehead atoms. The molecule has 0 spiro atoms. The smallest absolute Gasteiger partial charge is 0.277 e. The number of nitrogens with two attached hydrogens (primary N) is 1. The summed E-state index contributed by atoms with van der Waals surface area (Å²) < 4.78 is 0. The monoisotopic (exact) mass is 388 g/mol. The second kappa shape index (κ2) is 9.34. The van der Waals surface area contributed by atoms with Crippen LogP contribution in [0.15, 0.2) is 85.1 Å². The lowest BCUT2D eigenvalue weighted by atomic mass is 9.99. The number of H-pyrrole nitrogens is 1. The van der Waals surface area contributed by atoms with Gasteiger partial charge in [-0.1, -0.05) is 66.7 Å². The standard InChI is InChI=1S/C24H26N4O/c29-23(28-17-15-27(16-18-28)22-13-7-8-14-25-22)19-26-24(20-9-3-1-4-10-20)21-11-5-2-6-12-21/h1-14,24,26H,15-19H2/p+2. The number of hydrogen-bond donors (Lipinski definition) is 1. The highest BCUT2D eigenvalue weighted by atomic mass is 16.2. The van der Waals surface area contributed by atoms with E-state index < -0.39 is 0 Å². The Bertz CT molecular complexity index is 854. The van der Waals surface area contributed by atoms with Crippen LogP contribution in [-0.2, 0) is 4.79 Å². The summed E-state index contributed by atoms with van der Waals surface area (Å²) in [6.07, 6.45) is 1.94. The predicted molar refractivity (Wildman–Crippen MR) is 113 cm³/mol. The van der Waals surface area contributed by atoms with Crippen LogP contribution in [0.5, 0.6) is 0 Å². The van der Waals surface area contributed by atoms with E-state index in [-0.39, 0.29) is 11.9 Å². The van der Waals surface area contributed by atoms with Crippen LogP contribution in [0.1, 0.15) is 17.2 Å². The third kappa shape index (κ3) is 4.81. The molecule has 0 atom stereocenters. The van der Waals surface area contributed by atoms with Crippen LogP contribution in [0.25, 0.3) is 0 Å². The molecule has 2 heterocycles. The van der Waals surface area contributed by atoms with Crippen molar-refractivity contribution in [2.45, 2.75) is 6.04 Å². The van der Waals surface area contributed by atoms with Crippen molar-refractivity contribution in [2.75, 3.05) is 37.6 Å². The van der Waals surface area contributed by atoms with E-state index in [1.54, 1.807) is 0 Å². The minimum atomic E-state index is 0.126. The number of rotatable bonds is 6. The first-order chi connectivity index (χ1) is 14.3. The van der Waals surface area contributed by atoms with E-state index in [1.165, 1.54) is 11.1 Å². The number of amides is 1. The number of aromatic amines is 1. The van der Waals surface area contributed by atoms with Gasteiger partial charge in [-0.15, -0.1) is 0 Å². The molecule has 1 fully saturated rings. The number of anilines is 1. The van der Waals surface area contributed by atoms with Crippen molar-refractivity contribution in [3.63, 3.8) is 0 Å². The van der Waals surface area contributed by atoms with Gasteiger partial charge in [0, 0.05) is 17.2 Å². The molecule has 0 saturated carbocycles. The van der Waals surface area contributed by atoms with Crippen LogP contribution in [0.4, 0.5) is 5.82 Å². The first-order valence-electron chi connectivity index (χ1n) is 10.2. The predicted octanol–water partition coefficient (Wildman–Crippen LogP) is 1.50. The molecule has 0 unspecified atom stereocenters. The van der Waals surface area contributed by atoms with Crippen molar-refractivity contribution in [2.24, 2.45) is 0 Å². The fraction of sp³-hybridized carbons (Fsp3) is 0.250. The molecule has 0 radical (unpaired) electrons. The molecule has 1 aliphatic heterocycles. The number of quaternary nitrogens is 1. The Kier molecular flexibility index (Phi) is 6.17. The lowest BCUT2D eigenvalue weighted by Crippen LogP contribution is -2.88. The number of carbonyl (C=O) groups is 1. The van der Waals surface area contributed by atoms with E-state index in [0.29, 0.717) is 6.54 Å². The second-order valence-corrected chi connectivity index (χ2v) is 7.35. The summed E-state index contributed by atoms with van der Waals surface area (Å²) in [7, 11) is 0. The van der Waals surface area contributed by atoms with Crippen molar-refractivity contribution in [1.82, 2.24) is 4.90 Å². The molecule has 4 rings (SSSR count). The van der Waals surface area contributed by atoms with Gasteiger partial charge in [0.15, 0.2) is 6.54 Å². The third-order valence-corrected chi connectivity index (χ3v) is 5.51. The Morgan fingerprint density at radius 3 is 1.97 bits per heavy atom. The van der Waals surface area contributed by atoms with Crippen molar-refractivity contribution >= 4 is 11.7 Å². The zero-order valence-corrected chi connectivity index (χ0v) is 16.6. The maximum absolute atomic E-state index is 12.9. The van der Waals surface area contributed by atoms with Gasteiger partial charge in [0.25, 0.3) is 11.7 Å². The van der Waals surface area contributed by atoms with Crippen LogP contribution in [0.3, 0.4) is 0 Å². The Labute approximate surface area is 172 Å². The average Bonchev–Trinajstić information content (AvgIpc) is 2.81. The van der Waals surface area contributed by atoms with Crippen LogP contribution in [-0.4, -0.2) is 43.5 Å². The van der Waals surface area contributed by atoms with Gasteiger partial charge in [-0.3, -0.25) is 9.69 Å². The Morgan fingerprint density at radius 2 is 1.41 bits per heavy atom. The summed E-state index contributed by atoms with van der Waals surface area (Å²) >= 11 is 0. The molecule has 5 nitrogen and oxygen atoms in total. The van der Waals surface area contributed by atoms with E-state index in [2.05, 4.69) is 69.8 Å². The largest absolute Gasteiger partial charge is 0.330 e. The minimum absolute atomic E-state index is 0.126. The van der Waals surface area contributed by atoms with Crippen molar-refractivity contribution < 1.29 is 15.1 Å². The molecule has 2 aromatic carbocycles. The zero-order valence-electron chi connectivity index (χ0n) is 16.6. The molecule has 3 aromatic rings. The number of nitrogens with one attached hydrogen (secondary N) is 1. The van der Waals surface area contributed by atoms with E-state index >= 15 is 0 Å². The first-order valence-corrected chi connectivity index (χ1v) is 10.2. The molecule has 1 amide bonds. The number of benzene rings is 2. The van der Waals surface area contributed by atoms with Crippen molar-refractivity contribution in [3.8, 4) is 0 Å². The Morgan fingerprint density at radius 1 is 0.828 bits per heavy atom. The van der Waals surface area contributed by atoms with Gasteiger partial charge >= 0.3 is 0 Å². The van der Waals surface area contributed by atoms with Gasteiger partial charge < -0.3 is 10.2 Å². The van der Waals surface area contributed by atoms with Gasteiger partial charge in [0.05, 0.1) is 19.3 Å². The lowest BCUT2D eigenvalue weighted by Gasteiger charge is -2.30. The fourth-order valence-electron chi connectivity index (χ4n) is 3.91. The van der Waals surface area contributed by atoms with Crippen LogP contribution in [0.2, 0.25) is 0 Å². The maximum atomic E-state index is 12.9. The third-order valence-electron chi connectivity index (χ3n) is 5.51. The summed E-state index contributed by atoms with van der Waals surface area (Å²) in [6.45, 7) is 3.68. The molecule has 148 valence electrons. The van der Waals surface area contributed by atoms with Gasteiger partial charge in [-0.2, -0.15) is 0 Å². The topological polar surface area (TPSA) is 54.3 Å². The number of piperazine rings is 1. The van der Waals surface area contributed by atoms with Crippen molar-refractivity contribution in [3.05, 3.63) is 96.2 Å². The molecule has 29 heavy (non-hydrogen) atoms. The first kappa shape index (κ1) is 19.2. The highest BCUT2D eigenvalue weighted by Crippen LogP contribution is 2.17. The Balaban J connectivity index is 1.36. The van der Waals surface area contributed by atoms with E-state index in [4.69, 9.17) is 0 Å². The van der Waals surface area contributed by atoms with E-state index in [9.17, 15) is 4.79 Å². The molecular weight excluding hydrogens is 360 g/mol. The number of pyridine rings is 1. The summed E-state index contributed by atoms with van der Waals surface area (Å²) in [5, 5.41) is 2.16. The molecular formula is C24H28N4O+2. The highest BCUT2D eigenvalue weighted by molar-refractivity contribution is 5.77. The SMILES string of the molecule is O=C(C[NH2+]C(c1ccccc1)c1ccccc1)N1CCN(c2cccc[nH+]2)CC1. The van der Waals surface area contributed by atoms with E-state index in [1.807, 2.05) is 35.4 Å². The molecule has 3 N–H and O–H groups in total. The lowest BCUT2D eigenvalue weighted by molar-refractivity contribution is -0.677. The molecule has 1 aliphatic rings. The quantitative estimate of drug-likeness (QED) is 0.696. The normalized spacial score (nSPS) is 14.2. The number of nitrogens with zero attached hydrogens (tertiary/aromatic N) is 2. The minimum Gasteiger partial charge on any atom is -0.330 e. The van der Waals surface area contributed by atoms with Crippen LogP contribution < -0.4 is 15.2 Å². The van der Waals surface area contributed by atoms with Crippen LogP contribution in [0, 0.1) is 0 Å². The van der Waals surface area contributed by atoms with E-state index in [0.717, 1.165) is 32.0 Å². The highest BCUT2D eigenvalue weighted by Gasteiger charge is 2.27. The summed E-state index contributed by atoms with van der Waals surface area (Å²) in [5.41, 5.74) is 2.44. The molecule has 5 heteroatoms. The van der Waals surface area contributed by atoms with Crippen molar-refractivity contribution in [1.29, 1.82) is 0 Å². The summed E-state index contributed by atoms with van der Waals surface area (Å²) in [6, 6.07) is 27.0. The van der Waals surface area contributed by atoms with Crippen LogP contribution >= 0.6 is 0 Å². The molecule has 1 aromatic heterocycles. The number of aromatic nitrogens is 1. The zero-order chi connectivity index (χ0) is 19.9. The van der Waals surface area contributed by atoms with Gasteiger partial charge in [-0.25, -0.2) is 4.98 Å². The number of hydrogen-bond acceptors (Lipinski definition) is 2. The molecule has 0 aliphatic carbocycles. The van der Waals surface area contributed by atoms with Gasteiger partial charge in [-0.05, 0) is 6.07 Å². The van der Waals surface area contributed by atoms with Gasteiger partial charge in [0.1, 0.15) is 19.1 Å². The molecule has 1 saturated heterocycles. The van der Waals surface area contributed by atoms with Gasteiger partial charge in [0.2, 0.25) is 0 Å². The second-order valence-electron chi connectivity index (χ2n) is 7.35. The average molecular weight is 389 g/mol.